The lowest BCUT2D eigenvalue weighted by molar-refractivity contribution is -0.139. The highest BCUT2D eigenvalue weighted by Gasteiger charge is 2.34. The van der Waals surface area contributed by atoms with Crippen LogP contribution in [0.2, 0.25) is 0 Å². The van der Waals surface area contributed by atoms with Crippen molar-refractivity contribution in [3.63, 3.8) is 0 Å². The van der Waals surface area contributed by atoms with Crippen molar-refractivity contribution in [3.8, 4) is 5.75 Å². The summed E-state index contributed by atoms with van der Waals surface area (Å²) < 4.78 is 35.5. The van der Waals surface area contributed by atoms with Crippen LogP contribution in [0.5, 0.6) is 5.75 Å². The van der Waals surface area contributed by atoms with E-state index in [1.165, 1.54) is 24.1 Å². The van der Waals surface area contributed by atoms with Gasteiger partial charge in [-0.15, -0.1) is 0 Å². The molecule has 1 unspecified atom stereocenters. The predicted molar refractivity (Wildman–Crippen MR) is 168 cm³/mol. The number of sulfonamides is 1. The standard InChI is InChI=1S/C32H38BrN3O5S/c1-23-13-19-28(20-14-23)42(39,40)36(29-11-7-8-12-30(29)41-3)22-31(37)35(21-25-15-17-26(33)18-16-25)24(2)32(38)34-27-9-5-4-6-10-27/h7-8,11-20,24,27H,4-6,9-10,21-22H2,1-3H3,(H,34,38). The molecule has 0 heterocycles. The summed E-state index contributed by atoms with van der Waals surface area (Å²) in [6.07, 6.45) is 5.10. The van der Waals surface area contributed by atoms with Crippen molar-refractivity contribution >= 4 is 43.5 Å². The second-order valence-corrected chi connectivity index (χ2v) is 13.4. The summed E-state index contributed by atoms with van der Waals surface area (Å²) in [5.41, 5.74) is 1.96. The molecule has 224 valence electrons. The largest absolute Gasteiger partial charge is 0.495 e. The van der Waals surface area contributed by atoms with Gasteiger partial charge in [-0.1, -0.05) is 77.2 Å². The van der Waals surface area contributed by atoms with E-state index in [4.69, 9.17) is 4.74 Å². The first-order chi connectivity index (χ1) is 20.1. The fourth-order valence-electron chi connectivity index (χ4n) is 5.12. The number of ether oxygens (including phenoxy) is 1. The first-order valence-electron chi connectivity index (χ1n) is 14.2. The van der Waals surface area contributed by atoms with Crippen molar-refractivity contribution in [1.82, 2.24) is 10.2 Å². The maximum absolute atomic E-state index is 14.2. The lowest BCUT2D eigenvalue weighted by atomic mass is 9.95. The van der Waals surface area contributed by atoms with E-state index in [0.29, 0.717) is 5.75 Å². The lowest BCUT2D eigenvalue weighted by Crippen LogP contribution is -2.53. The van der Waals surface area contributed by atoms with Gasteiger partial charge in [-0.3, -0.25) is 13.9 Å². The first kappa shape index (κ1) is 31.6. The molecule has 42 heavy (non-hydrogen) atoms. The zero-order chi connectivity index (χ0) is 30.3. The topological polar surface area (TPSA) is 96.0 Å². The average molecular weight is 657 g/mol. The predicted octanol–water partition coefficient (Wildman–Crippen LogP) is 5.83. The smallest absolute Gasteiger partial charge is 0.264 e. The number of para-hydroxylation sites is 2. The van der Waals surface area contributed by atoms with Crippen LogP contribution < -0.4 is 14.4 Å². The van der Waals surface area contributed by atoms with E-state index >= 15 is 0 Å². The van der Waals surface area contributed by atoms with E-state index in [0.717, 1.165) is 52.0 Å². The maximum Gasteiger partial charge on any atom is 0.264 e. The molecule has 0 spiro atoms. The van der Waals surface area contributed by atoms with Gasteiger partial charge < -0.3 is 15.0 Å². The minimum absolute atomic E-state index is 0.0503. The number of hydrogen-bond donors (Lipinski definition) is 1. The van der Waals surface area contributed by atoms with E-state index in [2.05, 4.69) is 21.2 Å². The van der Waals surface area contributed by atoms with Crippen LogP contribution in [-0.4, -0.2) is 50.9 Å². The van der Waals surface area contributed by atoms with Gasteiger partial charge in [-0.2, -0.15) is 0 Å². The second-order valence-electron chi connectivity index (χ2n) is 10.7. The van der Waals surface area contributed by atoms with Crippen LogP contribution in [0.3, 0.4) is 0 Å². The molecular weight excluding hydrogens is 618 g/mol. The van der Waals surface area contributed by atoms with E-state index in [-0.39, 0.29) is 29.1 Å². The van der Waals surface area contributed by atoms with Crippen molar-refractivity contribution in [2.24, 2.45) is 0 Å². The molecule has 3 aromatic carbocycles. The highest BCUT2D eigenvalue weighted by molar-refractivity contribution is 9.10. The third kappa shape index (κ3) is 7.72. The third-order valence-electron chi connectivity index (χ3n) is 7.63. The van der Waals surface area contributed by atoms with E-state index in [9.17, 15) is 18.0 Å². The Balaban J connectivity index is 1.70. The summed E-state index contributed by atoms with van der Waals surface area (Å²) in [4.78, 5) is 29.1. The van der Waals surface area contributed by atoms with Gasteiger partial charge in [0, 0.05) is 17.1 Å². The summed E-state index contributed by atoms with van der Waals surface area (Å²) in [6, 6.07) is 19.9. The van der Waals surface area contributed by atoms with Crippen molar-refractivity contribution in [2.45, 2.75) is 69.5 Å². The van der Waals surface area contributed by atoms with Crippen LogP contribution in [0.15, 0.2) is 82.2 Å². The number of nitrogens with one attached hydrogen (secondary N) is 1. The molecule has 1 fully saturated rings. The SMILES string of the molecule is COc1ccccc1N(CC(=O)N(Cc1ccc(Br)cc1)C(C)C(=O)NC1CCCCC1)S(=O)(=O)c1ccc(C)cc1. The van der Waals surface area contributed by atoms with Crippen molar-refractivity contribution < 1.29 is 22.7 Å². The minimum Gasteiger partial charge on any atom is -0.495 e. The number of halogens is 1. The molecule has 1 aliphatic rings. The normalized spacial score (nSPS) is 14.6. The zero-order valence-electron chi connectivity index (χ0n) is 24.3. The number of nitrogens with zero attached hydrogens (tertiary/aromatic N) is 2. The fourth-order valence-corrected chi connectivity index (χ4v) is 6.81. The molecule has 0 radical (unpaired) electrons. The summed E-state index contributed by atoms with van der Waals surface area (Å²) in [6.45, 7) is 3.18. The lowest BCUT2D eigenvalue weighted by Gasteiger charge is -2.33. The molecule has 0 bridgehead atoms. The second kappa shape index (κ2) is 14.2. The fraction of sp³-hybridized carbons (Fsp3) is 0.375. The molecule has 0 aliphatic heterocycles. The number of carbonyl (C=O) groups is 2. The van der Waals surface area contributed by atoms with Crippen molar-refractivity contribution in [3.05, 3.63) is 88.4 Å². The van der Waals surface area contributed by atoms with Crippen LogP contribution in [0.4, 0.5) is 5.69 Å². The Bertz CT molecular complexity index is 1470. The minimum atomic E-state index is -4.18. The third-order valence-corrected chi connectivity index (χ3v) is 9.93. The Morgan fingerprint density at radius 2 is 1.62 bits per heavy atom. The molecule has 0 saturated heterocycles. The zero-order valence-corrected chi connectivity index (χ0v) is 26.7. The quantitative estimate of drug-likeness (QED) is 0.281. The molecule has 4 rings (SSSR count). The van der Waals surface area contributed by atoms with Crippen LogP contribution in [-0.2, 0) is 26.2 Å². The van der Waals surface area contributed by atoms with Gasteiger partial charge in [0.25, 0.3) is 10.0 Å². The number of amides is 2. The Morgan fingerprint density at radius 3 is 2.26 bits per heavy atom. The Hall–Kier alpha value is -3.37. The van der Waals surface area contributed by atoms with E-state index in [1.54, 1.807) is 43.3 Å². The Labute approximate surface area is 257 Å². The van der Waals surface area contributed by atoms with Crippen LogP contribution in [0, 0.1) is 6.92 Å². The van der Waals surface area contributed by atoms with Crippen molar-refractivity contribution in [1.29, 1.82) is 0 Å². The van der Waals surface area contributed by atoms with E-state index < -0.39 is 28.5 Å². The summed E-state index contributed by atoms with van der Waals surface area (Å²) in [5.74, 6) is -0.452. The van der Waals surface area contributed by atoms with Gasteiger partial charge in [-0.05, 0) is 68.7 Å². The number of carbonyl (C=O) groups excluding carboxylic acids is 2. The summed E-state index contributed by atoms with van der Waals surface area (Å²) in [5, 5.41) is 3.12. The average Bonchev–Trinajstić information content (AvgIpc) is 2.99. The van der Waals surface area contributed by atoms with E-state index in [1.807, 2.05) is 31.2 Å². The molecule has 10 heteroatoms. The molecule has 2 amide bonds. The molecule has 1 saturated carbocycles. The van der Waals surface area contributed by atoms with Crippen LogP contribution in [0.25, 0.3) is 0 Å². The molecular formula is C32H38BrN3O5S. The number of rotatable bonds is 11. The van der Waals surface area contributed by atoms with Crippen LogP contribution in [0.1, 0.15) is 50.2 Å². The summed E-state index contributed by atoms with van der Waals surface area (Å²) in [7, 11) is -2.73. The monoisotopic (exact) mass is 655 g/mol. The maximum atomic E-state index is 14.2. The molecule has 3 aromatic rings. The van der Waals surface area contributed by atoms with Gasteiger partial charge in [0.15, 0.2) is 0 Å². The number of methoxy groups -OCH3 is 1. The van der Waals surface area contributed by atoms with Gasteiger partial charge in [0.2, 0.25) is 11.8 Å². The first-order valence-corrected chi connectivity index (χ1v) is 16.4. The number of benzene rings is 3. The van der Waals surface area contributed by atoms with Gasteiger partial charge in [0.1, 0.15) is 18.3 Å². The number of hydrogen-bond acceptors (Lipinski definition) is 5. The van der Waals surface area contributed by atoms with Gasteiger partial charge >= 0.3 is 0 Å². The van der Waals surface area contributed by atoms with Gasteiger partial charge in [0.05, 0.1) is 17.7 Å². The Kier molecular flexibility index (Phi) is 10.7. The highest BCUT2D eigenvalue weighted by atomic mass is 79.9. The molecule has 1 N–H and O–H groups in total. The highest BCUT2D eigenvalue weighted by Crippen LogP contribution is 2.32. The molecule has 8 nitrogen and oxygen atoms in total. The summed E-state index contributed by atoms with van der Waals surface area (Å²) >= 11 is 3.44. The van der Waals surface area contributed by atoms with Crippen molar-refractivity contribution in [2.75, 3.05) is 18.0 Å². The number of anilines is 1. The van der Waals surface area contributed by atoms with Gasteiger partial charge in [-0.25, -0.2) is 8.42 Å². The Morgan fingerprint density at radius 1 is 0.976 bits per heavy atom. The molecule has 1 atom stereocenters. The van der Waals surface area contributed by atoms with Crippen LogP contribution >= 0.6 is 15.9 Å². The molecule has 0 aromatic heterocycles. The molecule has 1 aliphatic carbocycles. The number of aryl methyl sites for hydroxylation is 1.